The molecule has 0 bridgehead atoms. The zero-order chi connectivity index (χ0) is 16.4. The lowest BCUT2D eigenvalue weighted by atomic mass is 9.77. The maximum absolute atomic E-state index is 10.1. The lowest BCUT2D eigenvalue weighted by Crippen LogP contribution is -2.44. The third kappa shape index (κ3) is 2.80. The van der Waals surface area contributed by atoms with Gasteiger partial charge in [-0.25, -0.2) is 0 Å². The Morgan fingerprint density at radius 2 is 2.13 bits per heavy atom. The normalized spacial score (nSPS) is 22.5. The van der Waals surface area contributed by atoms with Gasteiger partial charge in [-0.05, 0) is 51.5 Å². The largest absolute Gasteiger partial charge is 0.396 e. The molecule has 1 aliphatic heterocycles. The highest BCUT2D eigenvalue weighted by Gasteiger charge is 2.44. The van der Waals surface area contributed by atoms with Gasteiger partial charge in [0.15, 0.2) is 0 Å². The van der Waals surface area contributed by atoms with E-state index in [0.29, 0.717) is 0 Å². The number of para-hydroxylation sites is 1. The Balaban J connectivity index is 2.06. The van der Waals surface area contributed by atoms with Crippen LogP contribution in [-0.4, -0.2) is 48.8 Å². The van der Waals surface area contributed by atoms with Crippen LogP contribution in [0.4, 0.5) is 0 Å². The van der Waals surface area contributed by atoms with E-state index in [9.17, 15) is 5.11 Å². The minimum Gasteiger partial charge on any atom is -0.396 e. The summed E-state index contributed by atoms with van der Waals surface area (Å²) in [5.74, 6) is 0.0991. The Labute approximate surface area is 138 Å². The van der Waals surface area contributed by atoms with Crippen LogP contribution < -0.4 is 0 Å². The second-order valence-corrected chi connectivity index (χ2v) is 6.84. The van der Waals surface area contributed by atoms with E-state index >= 15 is 0 Å². The summed E-state index contributed by atoms with van der Waals surface area (Å²) in [7, 11) is 4.15. The lowest BCUT2D eigenvalue weighted by molar-refractivity contribution is -0.122. The molecule has 3 rings (SSSR count). The molecule has 0 spiro atoms. The molecule has 2 N–H and O–H groups in total. The van der Waals surface area contributed by atoms with E-state index in [1.807, 2.05) is 0 Å². The highest BCUT2D eigenvalue weighted by molar-refractivity contribution is 5.85. The molecule has 2 heterocycles. The number of rotatable bonds is 6. The van der Waals surface area contributed by atoms with E-state index in [4.69, 9.17) is 4.74 Å². The maximum Gasteiger partial charge on any atom is 0.113 e. The van der Waals surface area contributed by atoms with Crippen molar-refractivity contribution in [2.24, 2.45) is 5.92 Å². The molecule has 0 amide bonds. The van der Waals surface area contributed by atoms with Gasteiger partial charge in [-0.1, -0.05) is 25.1 Å². The van der Waals surface area contributed by atoms with Gasteiger partial charge in [-0.2, -0.15) is 0 Å². The van der Waals surface area contributed by atoms with Crippen LogP contribution in [0.15, 0.2) is 24.3 Å². The average Bonchev–Trinajstić information content (AvgIpc) is 2.95. The molecule has 1 aromatic heterocycles. The molecule has 0 fully saturated rings. The first-order valence-corrected chi connectivity index (χ1v) is 8.62. The van der Waals surface area contributed by atoms with Crippen LogP contribution in [0.3, 0.4) is 0 Å². The van der Waals surface area contributed by atoms with Crippen molar-refractivity contribution in [2.75, 3.05) is 33.9 Å². The summed E-state index contributed by atoms with van der Waals surface area (Å²) in [4.78, 5) is 5.78. The minimum atomic E-state index is -0.405. The molecule has 1 aliphatic rings. The van der Waals surface area contributed by atoms with Gasteiger partial charge in [-0.3, -0.25) is 0 Å². The van der Waals surface area contributed by atoms with Crippen LogP contribution in [0.2, 0.25) is 0 Å². The fourth-order valence-electron chi connectivity index (χ4n) is 4.00. The second-order valence-electron chi connectivity index (χ2n) is 6.84. The van der Waals surface area contributed by atoms with Crippen molar-refractivity contribution in [2.45, 2.75) is 31.8 Å². The molecule has 1 aromatic carbocycles. The van der Waals surface area contributed by atoms with E-state index in [-0.39, 0.29) is 12.5 Å². The summed E-state index contributed by atoms with van der Waals surface area (Å²) in [6.07, 6.45) is 2.73. The lowest BCUT2D eigenvalue weighted by Gasteiger charge is -2.42. The number of hydrogen-bond donors (Lipinski definition) is 2. The number of fused-ring (bicyclic) bond motifs is 3. The standard InChI is InChI=1S/C19H28N2O2/c1-4-19(14(13-22)9-11-21(2)3)18-16(10-12-23-19)15-7-5-6-8-17(15)20-18/h5-8,14,20,22H,4,9-13H2,1-3H3. The van der Waals surface area contributed by atoms with Gasteiger partial charge in [0.25, 0.3) is 0 Å². The van der Waals surface area contributed by atoms with Crippen molar-refractivity contribution in [1.29, 1.82) is 0 Å². The Morgan fingerprint density at radius 1 is 1.35 bits per heavy atom. The van der Waals surface area contributed by atoms with Crippen LogP contribution in [0.25, 0.3) is 10.9 Å². The molecular formula is C19H28N2O2. The second kappa shape index (κ2) is 6.63. The maximum atomic E-state index is 10.1. The first kappa shape index (κ1) is 16.5. The Bertz CT molecular complexity index is 664. The molecule has 0 radical (unpaired) electrons. The predicted molar refractivity (Wildman–Crippen MR) is 93.7 cm³/mol. The van der Waals surface area contributed by atoms with Crippen LogP contribution in [0.1, 0.15) is 31.0 Å². The number of aromatic nitrogens is 1. The average molecular weight is 316 g/mol. The third-order valence-electron chi connectivity index (χ3n) is 5.28. The smallest absolute Gasteiger partial charge is 0.113 e. The van der Waals surface area contributed by atoms with Gasteiger partial charge in [-0.15, -0.1) is 0 Å². The SMILES string of the molecule is CCC1(C(CO)CCN(C)C)OCCc2c1[nH]c1ccccc21. The number of ether oxygens (including phenoxy) is 1. The molecule has 23 heavy (non-hydrogen) atoms. The summed E-state index contributed by atoms with van der Waals surface area (Å²) in [6.45, 7) is 3.99. The molecule has 2 atom stereocenters. The molecule has 2 aromatic rings. The number of aliphatic hydroxyl groups is 1. The summed E-state index contributed by atoms with van der Waals surface area (Å²) < 4.78 is 6.35. The molecule has 126 valence electrons. The number of aromatic amines is 1. The molecule has 2 unspecified atom stereocenters. The molecular weight excluding hydrogens is 288 g/mol. The van der Waals surface area contributed by atoms with Crippen molar-refractivity contribution in [3.63, 3.8) is 0 Å². The number of nitrogens with one attached hydrogen (secondary N) is 1. The fraction of sp³-hybridized carbons (Fsp3) is 0.579. The van der Waals surface area contributed by atoms with Crippen LogP contribution in [-0.2, 0) is 16.8 Å². The van der Waals surface area contributed by atoms with E-state index in [2.05, 4.69) is 55.2 Å². The fourth-order valence-corrected chi connectivity index (χ4v) is 4.00. The number of aliphatic hydroxyl groups excluding tert-OH is 1. The summed E-state index contributed by atoms with van der Waals surface area (Å²) in [5, 5.41) is 11.4. The molecule has 0 aliphatic carbocycles. The zero-order valence-corrected chi connectivity index (χ0v) is 14.4. The van der Waals surface area contributed by atoms with E-state index in [1.54, 1.807) is 0 Å². The van der Waals surface area contributed by atoms with Crippen LogP contribution in [0.5, 0.6) is 0 Å². The topological polar surface area (TPSA) is 48.5 Å². The van der Waals surface area contributed by atoms with Gasteiger partial charge >= 0.3 is 0 Å². The number of hydrogen-bond acceptors (Lipinski definition) is 3. The van der Waals surface area contributed by atoms with Crippen LogP contribution in [0, 0.1) is 5.92 Å². The number of benzene rings is 1. The number of nitrogens with zero attached hydrogens (tertiary/aromatic N) is 1. The molecule has 4 heteroatoms. The van der Waals surface area contributed by atoms with Gasteiger partial charge in [0.2, 0.25) is 0 Å². The highest BCUT2D eigenvalue weighted by atomic mass is 16.5. The first-order valence-electron chi connectivity index (χ1n) is 8.62. The van der Waals surface area contributed by atoms with Crippen molar-refractivity contribution in [1.82, 2.24) is 9.88 Å². The first-order chi connectivity index (χ1) is 11.1. The van der Waals surface area contributed by atoms with Crippen molar-refractivity contribution in [3.05, 3.63) is 35.5 Å². The summed E-state index contributed by atoms with van der Waals surface area (Å²) >= 11 is 0. The van der Waals surface area contributed by atoms with E-state index in [1.165, 1.54) is 22.2 Å². The quantitative estimate of drug-likeness (QED) is 0.861. The summed E-state index contributed by atoms with van der Waals surface area (Å²) in [5.41, 5.74) is 3.32. The van der Waals surface area contributed by atoms with Crippen LogP contribution >= 0.6 is 0 Å². The Hall–Kier alpha value is -1.36. The Morgan fingerprint density at radius 3 is 2.83 bits per heavy atom. The van der Waals surface area contributed by atoms with Gasteiger partial charge in [0.1, 0.15) is 5.60 Å². The van der Waals surface area contributed by atoms with Gasteiger partial charge < -0.3 is 19.7 Å². The van der Waals surface area contributed by atoms with Crippen molar-refractivity contribution < 1.29 is 9.84 Å². The van der Waals surface area contributed by atoms with Crippen molar-refractivity contribution >= 4 is 10.9 Å². The van der Waals surface area contributed by atoms with E-state index in [0.717, 1.165) is 32.4 Å². The van der Waals surface area contributed by atoms with Gasteiger partial charge in [0.05, 0.1) is 12.3 Å². The zero-order valence-electron chi connectivity index (χ0n) is 14.4. The van der Waals surface area contributed by atoms with Gasteiger partial charge in [0, 0.05) is 23.4 Å². The molecule has 0 saturated carbocycles. The Kier molecular flexibility index (Phi) is 4.76. The monoisotopic (exact) mass is 316 g/mol. The molecule has 0 saturated heterocycles. The van der Waals surface area contributed by atoms with E-state index < -0.39 is 5.60 Å². The number of H-pyrrole nitrogens is 1. The summed E-state index contributed by atoms with van der Waals surface area (Å²) in [6, 6.07) is 8.47. The molecule has 4 nitrogen and oxygen atoms in total. The predicted octanol–water partition coefficient (Wildman–Crippen LogP) is 2.91. The highest BCUT2D eigenvalue weighted by Crippen LogP contribution is 2.45. The third-order valence-corrected chi connectivity index (χ3v) is 5.28. The van der Waals surface area contributed by atoms with Crippen molar-refractivity contribution in [3.8, 4) is 0 Å². The minimum absolute atomic E-state index is 0.0991.